The number of nitrogens with one attached hydrogen (secondary N) is 2. The van der Waals surface area contributed by atoms with Crippen molar-refractivity contribution in [1.29, 1.82) is 0 Å². The Morgan fingerprint density at radius 1 is 1.34 bits per heavy atom. The summed E-state index contributed by atoms with van der Waals surface area (Å²) in [6.07, 6.45) is 3.57. The van der Waals surface area contributed by atoms with Gasteiger partial charge in [0, 0.05) is 30.1 Å². The molecule has 160 valence electrons. The first-order valence-electron chi connectivity index (χ1n) is 9.18. The molecule has 0 unspecified atom stereocenters. The van der Waals surface area contributed by atoms with Crippen molar-refractivity contribution in [3.63, 3.8) is 0 Å². The van der Waals surface area contributed by atoms with Crippen LogP contribution in [-0.2, 0) is 26.0 Å². The number of fused-ring (bicyclic) bond motifs is 1. The maximum atomic E-state index is 12.4. The summed E-state index contributed by atoms with van der Waals surface area (Å²) in [6, 6.07) is 3.40. The fraction of sp³-hybridized carbons (Fsp3) is 0.526. The Morgan fingerprint density at radius 2 is 2.00 bits per heavy atom. The highest BCUT2D eigenvalue weighted by Gasteiger charge is 2.34. The molecule has 0 bridgehead atoms. The number of hydrogen-bond donors (Lipinski definition) is 2. The van der Waals surface area contributed by atoms with E-state index in [4.69, 9.17) is 11.6 Å². The molecule has 1 aliphatic rings. The Morgan fingerprint density at radius 3 is 2.55 bits per heavy atom. The minimum Gasteiger partial charge on any atom is -0.351 e. The molecular weight excluding hydrogens is 416 g/mol. The molecule has 1 atom stereocenters. The third-order valence-electron chi connectivity index (χ3n) is 4.42. The smallest absolute Gasteiger partial charge is 0.250 e. The highest BCUT2D eigenvalue weighted by atomic mass is 35.5. The van der Waals surface area contributed by atoms with Crippen LogP contribution in [0.25, 0.3) is 0 Å². The number of halogens is 1. The van der Waals surface area contributed by atoms with Crippen molar-refractivity contribution in [2.45, 2.75) is 46.1 Å². The highest BCUT2D eigenvalue weighted by molar-refractivity contribution is 7.92. The van der Waals surface area contributed by atoms with Crippen LogP contribution in [-0.4, -0.2) is 43.6 Å². The number of allylic oxidation sites excluding steroid dienone is 1. The maximum Gasteiger partial charge on any atom is 0.250 e. The molecule has 0 saturated heterocycles. The lowest BCUT2D eigenvalue weighted by molar-refractivity contribution is -0.120. The number of nitrogens with zero attached hydrogens (tertiary/aromatic N) is 2. The number of sulfonamides is 1. The van der Waals surface area contributed by atoms with Gasteiger partial charge in [-0.05, 0) is 51.2 Å². The summed E-state index contributed by atoms with van der Waals surface area (Å²) in [6.45, 7) is 7.12. The second kappa shape index (κ2) is 8.71. The standard InChI is InChI=1S/C19H27ClN4O4S/c1-12(20)8-17(26)21-16-7-6-15-9-14(10-19(3,4)23-13(2)25)11-24(18(15)22-16)29(5,27)28/h6-8,14H,9-11H2,1-5H3,(H,23,25)(H,21,22,26)/b12-8-/t14-/m0/s1. The van der Waals surface area contributed by atoms with Crippen molar-refractivity contribution in [1.82, 2.24) is 10.3 Å². The van der Waals surface area contributed by atoms with Crippen LogP contribution in [0.4, 0.5) is 11.6 Å². The quantitative estimate of drug-likeness (QED) is 0.657. The molecule has 0 aromatic carbocycles. The van der Waals surface area contributed by atoms with Gasteiger partial charge in [-0.15, -0.1) is 0 Å². The summed E-state index contributed by atoms with van der Waals surface area (Å²) in [5.74, 6) is -0.0155. The van der Waals surface area contributed by atoms with E-state index in [1.807, 2.05) is 13.8 Å². The average molecular weight is 443 g/mol. The van der Waals surface area contributed by atoms with Gasteiger partial charge in [0.1, 0.15) is 11.6 Å². The van der Waals surface area contributed by atoms with Crippen molar-refractivity contribution in [3.05, 3.63) is 28.8 Å². The topological polar surface area (TPSA) is 108 Å². The zero-order valence-corrected chi connectivity index (χ0v) is 18.8. The largest absolute Gasteiger partial charge is 0.351 e. The fourth-order valence-electron chi connectivity index (χ4n) is 3.64. The van der Waals surface area contributed by atoms with Gasteiger partial charge in [0.2, 0.25) is 15.9 Å². The summed E-state index contributed by atoms with van der Waals surface area (Å²) < 4.78 is 26.1. The third kappa shape index (κ3) is 6.71. The Hall–Kier alpha value is -2.13. The molecule has 1 aromatic heterocycles. The van der Waals surface area contributed by atoms with E-state index in [1.165, 1.54) is 17.3 Å². The van der Waals surface area contributed by atoms with Crippen LogP contribution in [0.2, 0.25) is 0 Å². The molecule has 2 N–H and O–H groups in total. The summed E-state index contributed by atoms with van der Waals surface area (Å²) in [5.41, 5.74) is 0.303. The summed E-state index contributed by atoms with van der Waals surface area (Å²) in [4.78, 5) is 27.7. The summed E-state index contributed by atoms with van der Waals surface area (Å²) in [7, 11) is -3.58. The van der Waals surface area contributed by atoms with E-state index < -0.39 is 21.5 Å². The summed E-state index contributed by atoms with van der Waals surface area (Å²) >= 11 is 5.70. The normalized spacial score (nSPS) is 17.5. The van der Waals surface area contributed by atoms with Gasteiger partial charge < -0.3 is 10.6 Å². The molecule has 0 fully saturated rings. The molecule has 29 heavy (non-hydrogen) atoms. The van der Waals surface area contributed by atoms with E-state index in [2.05, 4.69) is 15.6 Å². The lowest BCUT2D eigenvalue weighted by Gasteiger charge is -2.37. The van der Waals surface area contributed by atoms with Crippen molar-refractivity contribution < 1.29 is 18.0 Å². The molecule has 2 heterocycles. The van der Waals surface area contributed by atoms with Gasteiger partial charge in [-0.2, -0.15) is 0 Å². The molecular formula is C19H27ClN4O4S. The van der Waals surface area contributed by atoms with E-state index in [1.54, 1.807) is 19.1 Å². The Labute approximate surface area is 176 Å². The number of carbonyl (C=O) groups is 2. The van der Waals surface area contributed by atoms with E-state index in [-0.39, 0.29) is 24.2 Å². The number of amides is 2. The molecule has 8 nitrogen and oxygen atoms in total. The minimum atomic E-state index is -3.58. The molecule has 2 rings (SSSR count). The fourth-order valence-corrected chi connectivity index (χ4v) is 4.69. The zero-order valence-electron chi connectivity index (χ0n) is 17.2. The van der Waals surface area contributed by atoms with Gasteiger partial charge >= 0.3 is 0 Å². The van der Waals surface area contributed by atoms with Gasteiger partial charge in [0.15, 0.2) is 0 Å². The third-order valence-corrected chi connectivity index (χ3v) is 5.65. The van der Waals surface area contributed by atoms with E-state index in [9.17, 15) is 18.0 Å². The van der Waals surface area contributed by atoms with Crippen molar-refractivity contribution in [2.24, 2.45) is 5.92 Å². The van der Waals surface area contributed by atoms with Crippen LogP contribution >= 0.6 is 11.6 Å². The van der Waals surface area contributed by atoms with Crippen LogP contribution in [0.1, 0.15) is 39.7 Å². The highest BCUT2D eigenvalue weighted by Crippen LogP contribution is 2.34. The molecule has 2 amide bonds. The van der Waals surface area contributed by atoms with Crippen molar-refractivity contribution in [3.8, 4) is 0 Å². The van der Waals surface area contributed by atoms with Crippen molar-refractivity contribution >= 4 is 45.1 Å². The van der Waals surface area contributed by atoms with Gasteiger partial charge in [0.05, 0.1) is 6.26 Å². The lowest BCUT2D eigenvalue weighted by Crippen LogP contribution is -2.47. The molecule has 1 aromatic rings. The Bertz CT molecular complexity index is 940. The predicted octanol–water partition coefficient (Wildman–Crippen LogP) is 2.41. The number of anilines is 2. The second-order valence-corrected chi connectivity index (χ2v) is 10.5. The first-order valence-corrected chi connectivity index (χ1v) is 11.4. The average Bonchev–Trinajstić information content (AvgIpc) is 2.50. The molecule has 0 spiro atoms. The minimum absolute atomic E-state index is 0.00291. The maximum absolute atomic E-state index is 12.4. The number of pyridine rings is 1. The van der Waals surface area contributed by atoms with E-state index in [0.29, 0.717) is 23.7 Å². The van der Waals surface area contributed by atoms with Crippen LogP contribution in [0.3, 0.4) is 0 Å². The number of hydrogen-bond acceptors (Lipinski definition) is 5. The molecule has 1 aliphatic heterocycles. The van der Waals surface area contributed by atoms with E-state index >= 15 is 0 Å². The van der Waals surface area contributed by atoms with E-state index in [0.717, 1.165) is 11.8 Å². The van der Waals surface area contributed by atoms with Crippen LogP contribution in [0, 0.1) is 5.92 Å². The van der Waals surface area contributed by atoms with Gasteiger partial charge in [-0.25, -0.2) is 13.4 Å². The van der Waals surface area contributed by atoms with Crippen LogP contribution < -0.4 is 14.9 Å². The first kappa shape index (κ1) is 23.2. The first-order chi connectivity index (χ1) is 13.3. The molecule has 0 saturated carbocycles. The monoisotopic (exact) mass is 442 g/mol. The Balaban J connectivity index is 2.32. The lowest BCUT2D eigenvalue weighted by atomic mass is 9.84. The van der Waals surface area contributed by atoms with Crippen LogP contribution in [0.15, 0.2) is 23.2 Å². The predicted molar refractivity (Wildman–Crippen MR) is 114 cm³/mol. The van der Waals surface area contributed by atoms with Gasteiger partial charge in [-0.1, -0.05) is 17.7 Å². The second-order valence-electron chi connectivity index (χ2n) is 8.03. The van der Waals surface area contributed by atoms with Gasteiger partial charge in [-0.3, -0.25) is 13.9 Å². The van der Waals surface area contributed by atoms with Crippen molar-refractivity contribution in [2.75, 3.05) is 22.4 Å². The SMILES string of the molecule is CC(=O)NC(C)(C)C[C@@H]1Cc2ccc(NC(=O)/C=C(/C)Cl)nc2N(S(C)(=O)=O)C1. The summed E-state index contributed by atoms with van der Waals surface area (Å²) in [5, 5.41) is 5.81. The molecule has 0 aliphatic carbocycles. The molecule has 10 heteroatoms. The van der Waals surface area contributed by atoms with Gasteiger partial charge in [0.25, 0.3) is 5.91 Å². The number of aromatic nitrogens is 1. The van der Waals surface area contributed by atoms with Crippen LogP contribution in [0.5, 0.6) is 0 Å². The molecule has 0 radical (unpaired) electrons. The number of carbonyl (C=O) groups excluding carboxylic acids is 2. The number of rotatable bonds is 6. The zero-order chi connectivity index (χ0) is 22.0. The Kier molecular flexibility index (Phi) is 6.95.